The van der Waals surface area contributed by atoms with Crippen LogP contribution in [0.25, 0.3) is 56.1 Å². The Labute approximate surface area is 306 Å². The lowest BCUT2D eigenvalue weighted by Crippen LogP contribution is -2.17. The van der Waals surface area contributed by atoms with Crippen molar-refractivity contribution in [2.45, 2.75) is 21.8 Å². The molecule has 0 radical (unpaired) electrons. The summed E-state index contributed by atoms with van der Waals surface area (Å²) in [5.41, 5.74) is 7.18. The van der Waals surface area contributed by atoms with E-state index in [0.717, 1.165) is 39.3 Å². The number of hydrogen-bond acceptors (Lipinski definition) is 8. The molecule has 2 aromatic carbocycles. The first-order chi connectivity index (χ1) is 23.3. The normalized spacial score (nSPS) is 10.7. The van der Waals surface area contributed by atoms with E-state index in [-0.39, 0.29) is 20.5 Å². The molecule has 6 heterocycles. The molecule has 8 rings (SSSR count). The molecule has 0 saturated carbocycles. The highest BCUT2D eigenvalue weighted by Crippen LogP contribution is 2.37. The van der Waals surface area contributed by atoms with Crippen molar-refractivity contribution >= 4 is 57.7 Å². The summed E-state index contributed by atoms with van der Waals surface area (Å²) in [6.07, 6.45) is 9.79. The second kappa shape index (κ2) is 15.1. The fraction of sp³-hybridized carbons (Fsp3) is 0.0857. The second-order valence-corrected chi connectivity index (χ2v) is 12.0. The monoisotopic (exact) mass is 744 g/mol. The molecule has 0 saturated heterocycles. The Hall–Kier alpha value is -5.20. The lowest BCUT2D eigenvalue weighted by molar-refractivity contribution is 0.985. The van der Waals surface area contributed by atoms with E-state index >= 15 is 0 Å². The van der Waals surface area contributed by atoms with Gasteiger partial charge in [-0.05, 0) is 66.6 Å². The van der Waals surface area contributed by atoms with Gasteiger partial charge < -0.3 is 4.98 Å². The van der Waals surface area contributed by atoms with Crippen LogP contribution in [-0.2, 0) is 0 Å². The minimum Gasteiger partial charge on any atom is -0.306 e. The summed E-state index contributed by atoms with van der Waals surface area (Å²) in [7, 11) is 0. The topological polar surface area (TPSA) is 132 Å². The minimum absolute atomic E-state index is 0. The summed E-state index contributed by atoms with van der Waals surface area (Å²) in [6.45, 7) is 1.92. The van der Waals surface area contributed by atoms with Crippen molar-refractivity contribution < 1.29 is 0 Å². The highest BCUT2D eigenvalue weighted by molar-refractivity contribution is 6.42. The molecule has 0 bridgehead atoms. The zero-order valence-electron chi connectivity index (χ0n) is 24.7. The first-order valence-electron chi connectivity index (χ1n) is 14.2. The Morgan fingerprint density at radius 1 is 0.600 bits per heavy atom. The van der Waals surface area contributed by atoms with Crippen molar-refractivity contribution in [3.63, 3.8) is 0 Å². The molecule has 0 aliphatic heterocycles. The first-order valence-corrected chi connectivity index (χ1v) is 15.7. The number of halogens is 4. The second-order valence-electron chi connectivity index (χ2n) is 10.3. The number of aryl methyl sites for hydroxylation is 1. The molecule has 0 unspecified atom stereocenters. The van der Waals surface area contributed by atoms with Crippen LogP contribution in [0.4, 0.5) is 0 Å². The number of aromatic nitrogens is 10. The molecule has 252 valence electrons. The van der Waals surface area contributed by atoms with Gasteiger partial charge in [0.15, 0.2) is 11.3 Å². The molecule has 6 aromatic heterocycles. The van der Waals surface area contributed by atoms with Crippen LogP contribution >= 0.6 is 46.4 Å². The molecule has 0 spiro atoms. The van der Waals surface area contributed by atoms with Crippen molar-refractivity contribution in [3.05, 3.63) is 135 Å². The van der Waals surface area contributed by atoms with Crippen molar-refractivity contribution in [2.24, 2.45) is 0 Å². The molecule has 0 amide bonds. The van der Waals surface area contributed by atoms with Gasteiger partial charge in [-0.15, -0.1) is 20.4 Å². The first kappa shape index (κ1) is 36.1. The molecule has 15 heteroatoms. The Balaban J connectivity index is 0.000000187. The number of H-pyrrole nitrogens is 1. The maximum atomic E-state index is 12.3. The molecule has 50 heavy (non-hydrogen) atoms. The van der Waals surface area contributed by atoms with E-state index in [1.54, 1.807) is 61.4 Å². The number of rotatable bonds is 4. The van der Waals surface area contributed by atoms with Crippen LogP contribution in [0.3, 0.4) is 0 Å². The Morgan fingerprint density at radius 2 is 1.10 bits per heavy atom. The number of nitrogens with zero attached hydrogens (tertiary/aromatic N) is 9. The van der Waals surface area contributed by atoms with Crippen molar-refractivity contribution in [2.75, 3.05) is 0 Å². The zero-order chi connectivity index (χ0) is 33.4. The minimum atomic E-state index is -0.328. The predicted octanol–water partition coefficient (Wildman–Crippen LogP) is 9.19. The Kier molecular flexibility index (Phi) is 10.9. The zero-order valence-corrected chi connectivity index (χ0v) is 27.7. The molecule has 0 atom stereocenters. The number of benzene rings is 2. The molecule has 0 aliphatic rings. The quantitative estimate of drug-likeness (QED) is 0.189. The number of pyridine rings is 2. The maximum absolute atomic E-state index is 12.3. The van der Waals surface area contributed by atoms with Crippen molar-refractivity contribution in [3.8, 4) is 44.8 Å². The van der Waals surface area contributed by atoms with E-state index in [1.807, 2.05) is 41.7 Å². The van der Waals surface area contributed by atoms with E-state index in [0.29, 0.717) is 42.6 Å². The average molecular weight is 746 g/mol. The van der Waals surface area contributed by atoms with Gasteiger partial charge in [-0.3, -0.25) is 14.4 Å². The predicted molar refractivity (Wildman–Crippen MR) is 200 cm³/mol. The van der Waals surface area contributed by atoms with Gasteiger partial charge >= 0.3 is 5.69 Å². The molecule has 0 aliphatic carbocycles. The lowest BCUT2D eigenvalue weighted by Gasteiger charge is -2.13. The van der Waals surface area contributed by atoms with Crippen LogP contribution < -0.4 is 5.69 Å². The largest absolute Gasteiger partial charge is 0.333 e. The van der Waals surface area contributed by atoms with E-state index in [4.69, 9.17) is 51.4 Å². The number of fused-ring (bicyclic) bond motifs is 2. The number of aromatic amines is 1. The van der Waals surface area contributed by atoms with Gasteiger partial charge in [0, 0.05) is 35.9 Å². The molecule has 0 fully saturated rings. The van der Waals surface area contributed by atoms with E-state index < -0.39 is 0 Å². The van der Waals surface area contributed by atoms with Gasteiger partial charge in [-0.2, -0.15) is 0 Å². The third-order valence-electron chi connectivity index (χ3n) is 7.44. The molecule has 1 N–H and O–H groups in total. The summed E-state index contributed by atoms with van der Waals surface area (Å²) in [4.78, 5) is 28.0. The Bertz CT molecular complexity index is 2500. The molecular weight excluding hydrogens is 718 g/mol. The maximum Gasteiger partial charge on any atom is 0.333 e. The fourth-order valence-corrected chi connectivity index (χ4v) is 5.81. The van der Waals surface area contributed by atoms with Crippen LogP contribution in [0.2, 0.25) is 20.1 Å². The van der Waals surface area contributed by atoms with E-state index in [1.165, 1.54) is 10.7 Å². The summed E-state index contributed by atoms with van der Waals surface area (Å²) in [5.74, 6) is 0.797. The molecular formula is C35H28Cl4N10O. The van der Waals surface area contributed by atoms with Crippen LogP contribution in [-0.4, -0.2) is 49.1 Å². The van der Waals surface area contributed by atoms with Gasteiger partial charge in [0.25, 0.3) is 0 Å². The number of nitrogens with one attached hydrogen (secondary N) is 1. The molecule has 8 aromatic rings. The fourth-order valence-electron chi connectivity index (χ4n) is 5.21. The molecule has 11 nitrogen and oxygen atoms in total. The van der Waals surface area contributed by atoms with Gasteiger partial charge in [0.1, 0.15) is 18.5 Å². The SMILES string of the molecule is C.C.Cc1nc(-c2ccncc2)c(-c2ccc(Cl)c(Cl)c2)c2nncn12.O=c1[nH]c(-c2ccncc2)c(-c2ccc(Cl)c(Cl)c2)c2nncn12. The van der Waals surface area contributed by atoms with Gasteiger partial charge in [0.05, 0.1) is 42.6 Å². The summed E-state index contributed by atoms with van der Waals surface area (Å²) in [5, 5.41) is 18.1. The smallest absolute Gasteiger partial charge is 0.306 e. The Morgan fingerprint density at radius 3 is 1.66 bits per heavy atom. The highest BCUT2D eigenvalue weighted by atomic mass is 35.5. The third-order valence-corrected chi connectivity index (χ3v) is 8.92. The van der Waals surface area contributed by atoms with Crippen molar-refractivity contribution in [1.82, 2.24) is 49.1 Å². The van der Waals surface area contributed by atoms with Crippen molar-refractivity contribution in [1.29, 1.82) is 0 Å². The average Bonchev–Trinajstić information content (AvgIpc) is 3.80. The van der Waals surface area contributed by atoms with Crippen LogP contribution in [0.1, 0.15) is 20.7 Å². The number of hydrogen-bond donors (Lipinski definition) is 1. The van der Waals surface area contributed by atoms with Crippen LogP contribution in [0.15, 0.2) is 103 Å². The van der Waals surface area contributed by atoms with E-state index in [2.05, 4.69) is 35.3 Å². The van der Waals surface area contributed by atoms with Crippen LogP contribution in [0.5, 0.6) is 0 Å². The van der Waals surface area contributed by atoms with Gasteiger partial charge in [-0.1, -0.05) is 73.4 Å². The summed E-state index contributed by atoms with van der Waals surface area (Å²) >= 11 is 24.4. The summed E-state index contributed by atoms with van der Waals surface area (Å²) < 4.78 is 3.20. The third kappa shape index (κ3) is 6.81. The van der Waals surface area contributed by atoms with Gasteiger partial charge in [-0.25, -0.2) is 14.2 Å². The summed E-state index contributed by atoms with van der Waals surface area (Å²) in [6, 6.07) is 18.2. The lowest BCUT2D eigenvalue weighted by atomic mass is 10.0. The van der Waals surface area contributed by atoms with Crippen LogP contribution in [0, 0.1) is 6.92 Å². The standard InChI is InChI=1S/C17H11Cl2N5.C16H9Cl2N5O.2CH4/c1-10-22-16(11-4-6-20-7-5-11)15(17-23-21-9-24(10)17)12-2-3-13(18)14(19)8-12;17-11-2-1-10(7-12(11)18)13-14(9-3-5-19-6-4-9)21-16(24)23-8-20-22-15(13)23;;/h2-9H,1H3;1-8H,(H,21,24);2*1H4. The highest BCUT2D eigenvalue weighted by Gasteiger charge is 2.19. The van der Waals surface area contributed by atoms with E-state index in [9.17, 15) is 4.79 Å². The van der Waals surface area contributed by atoms with Gasteiger partial charge in [0.2, 0.25) is 0 Å².